The topological polar surface area (TPSA) is 52.7 Å². The van der Waals surface area contributed by atoms with Crippen molar-refractivity contribution in [1.82, 2.24) is 15.1 Å². The SMILES string of the molecule is CC(C)C(NC(=O)c1cccs1)C(=O)N1CCCN(Cc2ccccc2)CC1. The van der Waals surface area contributed by atoms with Crippen LogP contribution in [-0.2, 0) is 11.3 Å². The molecule has 1 aliphatic heterocycles. The molecule has 0 bridgehead atoms. The monoisotopic (exact) mass is 399 g/mol. The van der Waals surface area contributed by atoms with E-state index in [1.165, 1.54) is 16.9 Å². The number of rotatable bonds is 6. The average molecular weight is 400 g/mol. The Bertz CT molecular complexity index is 761. The van der Waals surface area contributed by atoms with Crippen molar-refractivity contribution >= 4 is 23.2 Å². The number of carbonyl (C=O) groups is 2. The van der Waals surface area contributed by atoms with Crippen LogP contribution in [0.3, 0.4) is 0 Å². The van der Waals surface area contributed by atoms with E-state index in [-0.39, 0.29) is 17.7 Å². The molecule has 1 fully saturated rings. The third-order valence-corrected chi connectivity index (χ3v) is 5.98. The molecule has 0 saturated carbocycles. The molecular formula is C22H29N3O2S. The van der Waals surface area contributed by atoms with Crippen molar-refractivity contribution in [3.05, 3.63) is 58.3 Å². The first-order chi connectivity index (χ1) is 13.5. The number of nitrogens with zero attached hydrogens (tertiary/aromatic N) is 2. The first-order valence-corrected chi connectivity index (χ1v) is 10.8. The molecule has 0 aliphatic carbocycles. The van der Waals surface area contributed by atoms with Crippen molar-refractivity contribution in [2.45, 2.75) is 32.9 Å². The van der Waals surface area contributed by atoms with Crippen LogP contribution in [0.1, 0.15) is 35.5 Å². The predicted octanol–water partition coefficient (Wildman–Crippen LogP) is 3.24. The highest BCUT2D eigenvalue weighted by molar-refractivity contribution is 7.12. The molecule has 6 heteroatoms. The minimum absolute atomic E-state index is 0.0291. The third kappa shape index (κ3) is 5.42. The van der Waals surface area contributed by atoms with Gasteiger partial charge in [-0.25, -0.2) is 0 Å². The summed E-state index contributed by atoms with van der Waals surface area (Å²) in [6.07, 6.45) is 0.947. The summed E-state index contributed by atoms with van der Waals surface area (Å²) < 4.78 is 0. The summed E-state index contributed by atoms with van der Waals surface area (Å²) in [6.45, 7) is 8.14. The van der Waals surface area contributed by atoms with E-state index in [1.54, 1.807) is 6.07 Å². The van der Waals surface area contributed by atoms with Crippen LogP contribution in [0.15, 0.2) is 47.8 Å². The number of amides is 2. The molecule has 1 unspecified atom stereocenters. The normalized spacial score (nSPS) is 16.6. The van der Waals surface area contributed by atoms with Gasteiger partial charge in [0.15, 0.2) is 0 Å². The van der Waals surface area contributed by atoms with Gasteiger partial charge in [0.25, 0.3) is 5.91 Å². The second kappa shape index (κ2) is 9.85. The van der Waals surface area contributed by atoms with Gasteiger partial charge >= 0.3 is 0 Å². The summed E-state index contributed by atoms with van der Waals surface area (Å²) >= 11 is 1.39. The Morgan fingerprint density at radius 2 is 1.82 bits per heavy atom. The molecule has 2 heterocycles. The lowest BCUT2D eigenvalue weighted by atomic mass is 10.0. The van der Waals surface area contributed by atoms with Gasteiger partial charge in [-0.3, -0.25) is 14.5 Å². The molecule has 5 nitrogen and oxygen atoms in total. The van der Waals surface area contributed by atoms with E-state index in [2.05, 4.69) is 34.5 Å². The van der Waals surface area contributed by atoms with Crippen LogP contribution in [-0.4, -0.2) is 53.8 Å². The second-order valence-corrected chi connectivity index (χ2v) is 8.56. The minimum atomic E-state index is -0.490. The van der Waals surface area contributed by atoms with Crippen LogP contribution in [0.25, 0.3) is 0 Å². The molecule has 2 aromatic rings. The van der Waals surface area contributed by atoms with E-state index in [0.29, 0.717) is 11.4 Å². The van der Waals surface area contributed by atoms with Gasteiger partial charge in [0.1, 0.15) is 6.04 Å². The van der Waals surface area contributed by atoms with E-state index >= 15 is 0 Å². The Hall–Kier alpha value is -2.18. The van der Waals surface area contributed by atoms with E-state index in [1.807, 2.05) is 36.3 Å². The largest absolute Gasteiger partial charge is 0.340 e. The Labute approximate surface area is 171 Å². The van der Waals surface area contributed by atoms with Crippen molar-refractivity contribution in [3.8, 4) is 0 Å². The number of thiophene rings is 1. The molecule has 2 amide bonds. The number of hydrogen-bond acceptors (Lipinski definition) is 4. The minimum Gasteiger partial charge on any atom is -0.340 e. The Kier molecular flexibility index (Phi) is 7.23. The van der Waals surface area contributed by atoms with Crippen molar-refractivity contribution < 1.29 is 9.59 Å². The molecule has 150 valence electrons. The van der Waals surface area contributed by atoms with Crippen LogP contribution in [0, 0.1) is 5.92 Å². The highest BCUT2D eigenvalue weighted by Gasteiger charge is 2.30. The molecule has 3 rings (SSSR count). The van der Waals surface area contributed by atoms with Gasteiger partial charge in [-0.1, -0.05) is 50.2 Å². The van der Waals surface area contributed by atoms with Crippen LogP contribution in [0.4, 0.5) is 0 Å². The fourth-order valence-corrected chi connectivity index (χ4v) is 4.15. The van der Waals surface area contributed by atoms with Crippen molar-refractivity contribution in [1.29, 1.82) is 0 Å². The highest BCUT2D eigenvalue weighted by Crippen LogP contribution is 2.14. The maximum atomic E-state index is 13.2. The zero-order chi connectivity index (χ0) is 19.9. The Morgan fingerprint density at radius 3 is 2.50 bits per heavy atom. The van der Waals surface area contributed by atoms with Gasteiger partial charge in [-0.2, -0.15) is 0 Å². The zero-order valence-electron chi connectivity index (χ0n) is 16.6. The molecule has 1 atom stereocenters. The van der Waals surface area contributed by atoms with E-state index < -0.39 is 6.04 Å². The Morgan fingerprint density at radius 1 is 1.04 bits per heavy atom. The lowest BCUT2D eigenvalue weighted by molar-refractivity contribution is -0.134. The standard InChI is InChI=1S/C22H29N3O2S/c1-17(2)20(23-21(26)19-10-6-15-28-19)22(27)25-12-7-11-24(13-14-25)16-18-8-4-3-5-9-18/h3-6,8-10,15,17,20H,7,11-14,16H2,1-2H3,(H,23,26). The second-order valence-electron chi connectivity index (χ2n) is 7.61. The fourth-order valence-electron chi connectivity index (χ4n) is 3.52. The molecule has 1 aromatic carbocycles. The molecule has 1 aliphatic rings. The third-order valence-electron chi connectivity index (χ3n) is 5.11. The van der Waals surface area contributed by atoms with E-state index in [4.69, 9.17) is 0 Å². The van der Waals surface area contributed by atoms with Crippen molar-refractivity contribution in [2.75, 3.05) is 26.2 Å². The number of hydrogen-bond donors (Lipinski definition) is 1. The molecule has 28 heavy (non-hydrogen) atoms. The zero-order valence-corrected chi connectivity index (χ0v) is 17.5. The summed E-state index contributed by atoms with van der Waals surface area (Å²) in [5.74, 6) is -0.0934. The summed E-state index contributed by atoms with van der Waals surface area (Å²) in [5, 5.41) is 4.83. The van der Waals surface area contributed by atoms with Crippen molar-refractivity contribution in [3.63, 3.8) is 0 Å². The van der Waals surface area contributed by atoms with Gasteiger partial charge in [0.05, 0.1) is 4.88 Å². The number of carbonyl (C=O) groups excluding carboxylic acids is 2. The van der Waals surface area contributed by atoms with Crippen molar-refractivity contribution in [2.24, 2.45) is 5.92 Å². The summed E-state index contributed by atoms with van der Waals surface area (Å²) in [7, 11) is 0. The fraction of sp³-hybridized carbons (Fsp3) is 0.455. The van der Waals surface area contributed by atoms with Crippen LogP contribution in [0.2, 0.25) is 0 Å². The molecule has 1 aromatic heterocycles. The van der Waals surface area contributed by atoms with Gasteiger partial charge < -0.3 is 10.2 Å². The number of benzene rings is 1. The summed E-state index contributed by atoms with van der Waals surface area (Å²) in [5.41, 5.74) is 1.30. The van der Waals surface area contributed by atoms with Gasteiger partial charge in [0, 0.05) is 32.7 Å². The summed E-state index contributed by atoms with van der Waals surface area (Å²) in [6, 6.07) is 13.6. The first kappa shape index (κ1) is 20.6. The average Bonchev–Trinajstić information content (AvgIpc) is 3.13. The molecule has 0 radical (unpaired) electrons. The van der Waals surface area contributed by atoms with Crippen LogP contribution < -0.4 is 5.32 Å². The quantitative estimate of drug-likeness (QED) is 0.811. The number of nitrogens with one attached hydrogen (secondary N) is 1. The molecule has 1 N–H and O–H groups in total. The lowest BCUT2D eigenvalue weighted by Gasteiger charge is -2.29. The smallest absolute Gasteiger partial charge is 0.262 e. The Balaban J connectivity index is 1.59. The molecular weight excluding hydrogens is 370 g/mol. The highest BCUT2D eigenvalue weighted by atomic mass is 32.1. The maximum absolute atomic E-state index is 13.2. The predicted molar refractivity (Wildman–Crippen MR) is 113 cm³/mol. The van der Waals surface area contributed by atoms with Gasteiger partial charge in [-0.05, 0) is 29.3 Å². The van der Waals surface area contributed by atoms with Gasteiger partial charge in [-0.15, -0.1) is 11.3 Å². The van der Waals surface area contributed by atoms with E-state index in [0.717, 1.165) is 32.6 Å². The maximum Gasteiger partial charge on any atom is 0.262 e. The molecule has 0 spiro atoms. The van der Waals surface area contributed by atoms with E-state index in [9.17, 15) is 9.59 Å². The molecule has 1 saturated heterocycles. The van der Waals surface area contributed by atoms with Crippen LogP contribution in [0.5, 0.6) is 0 Å². The first-order valence-electron chi connectivity index (χ1n) is 9.94. The van der Waals surface area contributed by atoms with Gasteiger partial charge in [0.2, 0.25) is 5.91 Å². The van der Waals surface area contributed by atoms with Crippen LogP contribution >= 0.6 is 11.3 Å². The lowest BCUT2D eigenvalue weighted by Crippen LogP contribution is -2.51. The summed E-state index contributed by atoms with van der Waals surface area (Å²) in [4.78, 5) is 30.6.